The normalized spacial score (nSPS) is 12.1. The molecule has 0 atom stereocenters. The summed E-state index contributed by atoms with van der Waals surface area (Å²) in [6, 6.07) is 0.946. The van der Waals surface area contributed by atoms with E-state index in [0.717, 1.165) is 13.0 Å². The second-order valence-electron chi connectivity index (χ2n) is 3.89. The van der Waals surface area contributed by atoms with E-state index in [-0.39, 0.29) is 10.6 Å². The van der Waals surface area contributed by atoms with Crippen LogP contribution in [-0.2, 0) is 10.1 Å². The lowest BCUT2D eigenvalue weighted by Gasteiger charge is -2.17. The number of rotatable bonds is 4. The molecule has 6 nitrogen and oxygen atoms in total. The molecule has 1 rings (SSSR count). The molecule has 2 N–H and O–H groups in total. The van der Waals surface area contributed by atoms with E-state index in [1.54, 1.807) is 0 Å². The van der Waals surface area contributed by atoms with Crippen LogP contribution >= 0.6 is 11.6 Å². The quantitative estimate of drug-likeness (QED) is 0.376. The summed E-state index contributed by atoms with van der Waals surface area (Å²) in [7, 11) is -6.02. The number of carbonyl (C=O) groups excluding carboxylic acids is 1. The van der Waals surface area contributed by atoms with Crippen LogP contribution < -0.4 is 9.66 Å². The van der Waals surface area contributed by atoms with Crippen molar-refractivity contribution in [2.75, 3.05) is 5.48 Å². The summed E-state index contributed by atoms with van der Waals surface area (Å²) in [6.45, 7) is 2.24. The number of halogens is 4. The first-order valence-corrected chi connectivity index (χ1v) is 6.96. The van der Waals surface area contributed by atoms with Gasteiger partial charge in [0.05, 0.1) is 5.56 Å². The van der Waals surface area contributed by atoms with Crippen molar-refractivity contribution >= 4 is 33.2 Å². The Morgan fingerprint density at radius 2 is 1.95 bits per heavy atom. The fraction of sp³-hybridized carbons (Fsp3) is 0.300. The number of hydrogen-bond acceptors (Lipinski definition) is 6. The fourth-order valence-corrected chi connectivity index (χ4v) is 2.06. The lowest BCUT2D eigenvalue weighted by Crippen LogP contribution is -2.29. The summed E-state index contributed by atoms with van der Waals surface area (Å²) in [6.07, 6.45) is 0. The van der Waals surface area contributed by atoms with Gasteiger partial charge in [-0.1, -0.05) is 11.6 Å². The van der Waals surface area contributed by atoms with Crippen LogP contribution in [-0.4, -0.2) is 24.9 Å². The Morgan fingerprint density at radius 1 is 1.43 bits per heavy atom. The molecular formula is C10H9ClF3NO5S. The number of alkyl halides is 3. The smallest absolute Gasteiger partial charge is 0.373 e. The number of carbonyl (C=O) groups is 1. The van der Waals surface area contributed by atoms with Gasteiger partial charge in [-0.2, -0.15) is 21.6 Å². The van der Waals surface area contributed by atoms with E-state index in [1.807, 2.05) is 0 Å². The van der Waals surface area contributed by atoms with Crippen molar-refractivity contribution < 1.29 is 35.8 Å². The molecule has 0 radical (unpaired) electrons. The first-order valence-electron chi connectivity index (χ1n) is 5.17. The standard InChI is InChI=1S/C10H9ClF3NO5S/c1-4-7(11)3-6(5(2)16)9(8(4)15-17)20-21(18,19)10(12,13)14/h3,15,17H,1-2H3. The van der Waals surface area contributed by atoms with Crippen molar-refractivity contribution in [3.8, 4) is 5.75 Å². The van der Waals surface area contributed by atoms with Crippen molar-refractivity contribution in [2.45, 2.75) is 19.4 Å². The number of hydrogen-bond donors (Lipinski definition) is 2. The van der Waals surface area contributed by atoms with Crippen LogP contribution in [0.25, 0.3) is 0 Å². The highest BCUT2D eigenvalue weighted by atomic mass is 35.5. The minimum atomic E-state index is -6.02. The zero-order valence-electron chi connectivity index (χ0n) is 10.6. The lowest BCUT2D eigenvalue weighted by atomic mass is 10.1. The first-order chi connectivity index (χ1) is 9.42. The Balaban J connectivity index is 3.62. The molecule has 1 aromatic carbocycles. The SMILES string of the molecule is CC(=O)c1cc(Cl)c(C)c(NO)c1OS(=O)(=O)C(F)(F)F. The van der Waals surface area contributed by atoms with Crippen LogP contribution in [0.5, 0.6) is 5.75 Å². The molecule has 0 unspecified atom stereocenters. The molecule has 0 aromatic heterocycles. The molecule has 0 saturated carbocycles. The van der Waals surface area contributed by atoms with Gasteiger partial charge in [0.1, 0.15) is 5.69 Å². The number of Topliss-reactive ketones (excluding diaryl/α,β-unsaturated/α-hetero) is 1. The molecule has 0 saturated heterocycles. The number of ketones is 1. The molecule has 21 heavy (non-hydrogen) atoms. The molecular weight excluding hydrogens is 339 g/mol. The maximum atomic E-state index is 12.4. The maximum Gasteiger partial charge on any atom is 0.534 e. The van der Waals surface area contributed by atoms with E-state index in [2.05, 4.69) is 4.18 Å². The van der Waals surface area contributed by atoms with Crippen LogP contribution in [0.2, 0.25) is 5.02 Å². The molecule has 118 valence electrons. The molecule has 0 aliphatic heterocycles. The summed E-state index contributed by atoms with van der Waals surface area (Å²) >= 11 is 5.74. The van der Waals surface area contributed by atoms with Gasteiger partial charge in [-0.15, -0.1) is 0 Å². The summed E-state index contributed by atoms with van der Waals surface area (Å²) < 4.78 is 63.2. The molecule has 0 amide bonds. The van der Waals surface area contributed by atoms with Crippen molar-refractivity contribution in [1.82, 2.24) is 0 Å². The molecule has 1 aromatic rings. The van der Waals surface area contributed by atoms with Gasteiger partial charge in [0.2, 0.25) is 0 Å². The largest absolute Gasteiger partial charge is 0.534 e. The fourth-order valence-electron chi connectivity index (χ4n) is 1.36. The van der Waals surface area contributed by atoms with Gasteiger partial charge < -0.3 is 4.18 Å². The van der Waals surface area contributed by atoms with Crippen LogP contribution in [0, 0.1) is 6.92 Å². The average molecular weight is 348 g/mol. The summed E-state index contributed by atoms with van der Waals surface area (Å²) in [5, 5.41) is 8.88. The van der Waals surface area contributed by atoms with Gasteiger partial charge in [-0.3, -0.25) is 15.5 Å². The minimum Gasteiger partial charge on any atom is -0.373 e. The molecule has 0 heterocycles. The highest BCUT2D eigenvalue weighted by Crippen LogP contribution is 2.39. The Kier molecular flexibility index (Phi) is 4.76. The summed E-state index contributed by atoms with van der Waals surface area (Å²) in [5.74, 6) is -1.79. The van der Waals surface area contributed by atoms with Gasteiger partial charge in [-0.05, 0) is 25.5 Å². The van der Waals surface area contributed by atoms with Crippen LogP contribution in [0.3, 0.4) is 0 Å². The third-order valence-electron chi connectivity index (χ3n) is 2.44. The Labute approximate surface area is 122 Å². The van der Waals surface area contributed by atoms with Crippen LogP contribution in [0.4, 0.5) is 18.9 Å². The van der Waals surface area contributed by atoms with Crippen molar-refractivity contribution in [3.05, 3.63) is 22.2 Å². The van der Waals surface area contributed by atoms with Gasteiger partial charge >= 0.3 is 15.6 Å². The predicted octanol–water partition coefficient (Wildman–Crippen LogP) is 2.88. The topological polar surface area (TPSA) is 92.7 Å². The Bertz CT molecular complexity index is 687. The number of nitrogens with one attached hydrogen (secondary N) is 1. The van der Waals surface area contributed by atoms with E-state index >= 15 is 0 Å². The van der Waals surface area contributed by atoms with Crippen LogP contribution in [0.1, 0.15) is 22.8 Å². The molecule has 0 aliphatic rings. The Morgan fingerprint density at radius 3 is 2.33 bits per heavy atom. The second kappa shape index (κ2) is 5.70. The van der Waals surface area contributed by atoms with Crippen molar-refractivity contribution in [2.24, 2.45) is 0 Å². The number of benzene rings is 1. The highest BCUT2D eigenvalue weighted by Gasteiger charge is 2.49. The van der Waals surface area contributed by atoms with E-state index in [9.17, 15) is 26.4 Å². The third-order valence-corrected chi connectivity index (χ3v) is 3.79. The zero-order valence-corrected chi connectivity index (χ0v) is 12.2. The maximum absolute atomic E-state index is 12.4. The predicted molar refractivity (Wildman–Crippen MR) is 67.2 cm³/mol. The summed E-state index contributed by atoms with van der Waals surface area (Å²) in [5.41, 5.74) is -5.30. The summed E-state index contributed by atoms with van der Waals surface area (Å²) in [4.78, 5) is 11.4. The second-order valence-corrected chi connectivity index (χ2v) is 5.83. The molecule has 0 aliphatic carbocycles. The van der Waals surface area contributed by atoms with E-state index in [4.69, 9.17) is 16.8 Å². The van der Waals surface area contributed by atoms with Crippen LogP contribution in [0.15, 0.2) is 6.07 Å². The van der Waals surface area contributed by atoms with E-state index in [1.165, 1.54) is 12.4 Å². The molecule has 0 bridgehead atoms. The minimum absolute atomic E-state index is 0.00320. The van der Waals surface area contributed by atoms with E-state index < -0.39 is 38.4 Å². The molecule has 0 fully saturated rings. The average Bonchev–Trinajstić information content (AvgIpc) is 2.32. The highest BCUT2D eigenvalue weighted by molar-refractivity contribution is 7.88. The van der Waals surface area contributed by atoms with Gasteiger partial charge in [0.15, 0.2) is 11.5 Å². The van der Waals surface area contributed by atoms with Gasteiger partial charge in [-0.25, -0.2) is 0 Å². The van der Waals surface area contributed by atoms with Crippen molar-refractivity contribution in [1.29, 1.82) is 0 Å². The zero-order chi connectivity index (χ0) is 16.6. The molecule has 0 spiro atoms. The van der Waals surface area contributed by atoms with E-state index in [0.29, 0.717) is 0 Å². The van der Waals surface area contributed by atoms with Gasteiger partial charge in [0, 0.05) is 5.02 Å². The first kappa shape index (κ1) is 17.5. The molecule has 11 heteroatoms. The third kappa shape index (κ3) is 3.39. The monoisotopic (exact) mass is 347 g/mol. The van der Waals surface area contributed by atoms with Gasteiger partial charge in [0.25, 0.3) is 0 Å². The Hall–Kier alpha value is -1.52. The van der Waals surface area contributed by atoms with Crippen molar-refractivity contribution in [3.63, 3.8) is 0 Å². The lowest BCUT2D eigenvalue weighted by molar-refractivity contribution is -0.0500. The number of anilines is 1.